The predicted molar refractivity (Wildman–Crippen MR) is 51.5 cm³/mol. The van der Waals surface area contributed by atoms with Crippen LogP contribution in [0.15, 0.2) is 24.8 Å². The van der Waals surface area contributed by atoms with Crippen LogP contribution < -0.4 is 0 Å². The average Bonchev–Trinajstić information content (AvgIpc) is 2.10. The molecule has 0 amide bonds. The van der Waals surface area contributed by atoms with E-state index in [2.05, 4.69) is 18.0 Å². The molecule has 0 aliphatic heterocycles. The van der Waals surface area contributed by atoms with Gasteiger partial charge in [-0.05, 0) is 12.8 Å². The van der Waals surface area contributed by atoms with Gasteiger partial charge in [-0.1, -0.05) is 12.7 Å². The van der Waals surface area contributed by atoms with Gasteiger partial charge in [0, 0.05) is 5.57 Å². The van der Waals surface area contributed by atoms with Crippen molar-refractivity contribution >= 4 is 16.4 Å². The first-order valence-corrected chi connectivity index (χ1v) is 4.96. The van der Waals surface area contributed by atoms with Crippen molar-refractivity contribution in [1.82, 2.24) is 0 Å². The summed E-state index contributed by atoms with van der Waals surface area (Å²) in [6.45, 7) is 6.84. The minimum absolute atomic E-state index is 0.252. The van der Waals surface area contributed by atoms with Gasteiger partial charge in [0.2, 0.25) is 0 Å². The van der Waals surface area contributed by atoms with E-state index in [1.807, 2.05) is 0 Å². The molecular formula is C7H12O7S. The Morgan fingerprint density at radius 3 is 2.07 bits per heavy atom. The summed E-state index contributed by atoms with van der Waals surface area (Å²) >= 11 is 0. The van der Waals surface area contributed by atoms with E-state index in [9.17, 15) is 4.79 Å². The SMILES string of the molecule is C=CCCC(=C)C(=O)OO.O=S(=O)(O)O. The summed E-state index contributed by atoms with van der Waals surface area (Å²) in [6.07, 6.45) is 2.80. The molecule has 0 rings (SSSR count). The fourth-order valence-corrected chi connectivity index (χ4v) is 0.443. The molecule has 0 saturated heterocycles. The highest BCUT2D eigenvalue weighted by Gasteiger charge is 2.05. The third kappa shape index (κ3) is 19.3. The van der Waals surface area contributed by atoms with Crippen LogP contribution in [0, 0.1) is 0 Å². The zero-order chi connectivity index (χ0) is 12.5. The molecule has 88 valence electrons. The fourth-order valence-electron chi connectivity index (χ4n) is 0.443. The largest absolute Gasteiger partial charge is 0.394 e. The van der Waals surface area contributed by atoms with Crippen molar-refractivity contribution < 1.29 is 32.5 Å². The van der Waals surface area contributed by atoms with Gasteiger partial charge in [0.25, 0.3) is 0 Å². The van der Waals surface area contributed by atoms with Crippen LogP contribution >= 0.6 is 0 Å². The Labute approximate surface area is 87.2 Å². The van der Waals surface area contributed by atoms with Crippen LogP contribution in [0.1, 0.15) is 12.8 Å². The van der Waals surface area contributed by atoms with E-state index in [4.69, 9.17) is 22.8 Å². The van der Waals surface area contributed by atoms with Crippen LogP contribution in [0.3, 0.4) is 0 Å². The van der Waals surface area contributed by atoms with Crippen LogP contribution in [0.4, 0.5) is 0 Å². The lowest BCUT2D eigenvalue weighted by Crippen LogP contribution is -2.03. The van der Waals surface area contributed by atoms with Gasteiger partial charge in [-0.15, -0.1) is 6.58 Å². The maximum atomic E-state index is 10.4. The summed E-state index contributed by atoms with van der Waals surface area (Å²) in [4.78, 5) is 13.8. The van der Waals surface area contributed by atoms with Gasteiger partial charge in [0.15, 0.2) is 0 Å². The summed E-state index contributed by atoms with van der Waals surface area (Å²) in [5.74, 6) is -0.776. The summed E-state index contributed by atoms with van der Waals surface area (Å²) < 4.78 is 31.6. The summed E-state index contributed by atoms with van der Waals surface area (Å²) in [6, 6.07) is 0. The van der Waals surface area contributed by atoms with Gasteiger partial charge in [-0.25, -0.2) is 4.79 Å². The molecular weight excluding hydrogens is 228 g/mol. The van der Waals surface area contributed by atoms with Gasteiger partial charge < -0.3 is 0 Å². The first-order chi connectivity index (χ1) is 6.72. The monoisotopic (exact) mass is 240 g/mol. The van der Waals surface area contributed by atoms with Gasteiger partial charge >= 0.3 is 16.4 Å². The predicted octanol–water partition coefficient (Wildman–Crippen LogP) is 0.872. The van der Waals surface area contributed by atoms with E-state index in [0.717, 1.165) is 0 Å². The smallest absolute Gasteiger partial charge is 0.296 e. The van der Waals surface area contributed by atoms with E-state index in [0.29, 0.717) is 12.8 Å². The molecule has 0 aromatic carbocycles. The maximum absolute atomic E-state index is 10.4. The second-order valence-electron chi connectivity index (χ2n) is 2.26. The quantitative estimate of drug-likeness (QED) is 0.219. The standard InChI is InChI=1S/C7H10O3.H2O4S/c1-3-4-5-6(2)7(8)10-9;1-5(2,3)4/h3,9H,1-2,4-5H2;(H2,1,2,3,4). The van der Waals surface area contributed by atoms with Crippen molar-refractivity contribution in [1.29, 1.82) is 0 Å². The summed E-state index contributed by atoms with van der Waals surface area (Å²) in [7, 11) is -4.67. The van der Waals surface area contributed by atoms with E-state index in [-0.39, 0.29) is 5.57 Å². The topological polar surface area (TPSA) is 121 Å². The Morgan fingerprint density at radius 2 is 1.80 bits per heavy atom. The highest BCUT2D eigenvalue weighted by Crippen LogP contribution is 2.03. The van der Waals surface area contributed by atoms with E-state index in [1.165, 1.54) is 0 Å². The first kappa shape index (κ1) is 16.2. The summed E-state index contributed by atoms with van der Waals surface area (Å²) in [5, 5.41) is 7.87. The number of allylic oxidation sites excluding steroid dienone is 1. The number of hydrogen-bond acceptors (Lipinski definition) is 5. The second-order valence-corrected chi connectivity index (χ2v) is 3.15. The molecule has 0 unspecified atom stereocenters. The van der Waals surface area contributed by atoms with E-state index >= 15 is 0 Å². The minimum atomic E-state index is -4.67. The molecule has 0 radical (unpaired) electrons. The lowest BCUT2D eigenvalue weighted by atomic mass is 10.2. The van der Waals surface area contributed by atoms with Crippen molar-refractivity contribution in [3.05, 3.63) is 24.8 Å². The Kier molecular flexibility index (Phi) is 8.78. The van der Waals surface area contributed by atoms with Crippen molar-refractivity contribution in [2.75, 3.05) is 0 Å². The van der Waals surface area contributed by atoms with Crippen LogP contribution in [-0.2, 0) is 20.1 Å². The molecule has 3 N–H and O–H groups in total. The molecule has 0 aliphatic carbocycles. The molecule has 0 aliphatic rings. The highest BCUT2D eigenvalue weighted by atomic mass is 32.3. The van der Waals surface area contributed by atoms with Crippen molar-refractivity contribution in [3.8, 4) is 0 Å². The maximum Gasteiger partial charge on any atom is 0.394 e. The molecule has 0 heterocycles. The van der Waals surface area contributed by atoms with Crippen LogP contribution in [0.25, 0.3) is 0 Å². The normalized spacial score (nSPS) is 9.53. The molecule has 0 spiro atoms. The van der Waals surface area contributed by atoms with E-state index in [1.54, 1.807) is 6.08 Å². The van der Waals surface area contributed by atoms with Crippen molar-refractivity contribution in [3.63, 3.8) is 0 Å². The number of rotatable bonds is 4. The Hall–Kier alpha value is -1.22. The Bertz CT molecular complexity index is 308. The lowest BCUT2D eigenvalue weighted by molar-refractivity contribution is -0.229. The zero-order valence-electron chi connectivity index (χ0n) is 7.79. The van der Waals surface area contributed by atoms with Crippen LogP contribution in [0.5, 0.6) is 0 Å². The van der Waals surface area contributed by atoms with Crippen LogP contribution in [-0.4, -0.2) is 28.7 Å². The molecule has 0 aromatic rings. The number of carbonyl (C=O) groups is 1. The van der Waals surface area contributed by atoms with Gasteiger partial charge in [0.05, 0.1) is 0 Å². The Balaban J connectivity index is 0. The molecule has 7 nitrogen and oxygen atoms in total. The lowest BCUT2D eigenvalue weighted by Gasteiger charge is -1.96. The molecule has 0 bridgehead atoms. The molecule has 8 heteroatoms. The third-order valence-electron chi connectivity index (χ3n) is 1.02. The van der Waals surface area contributed by atoms with Gasteiger partial charge in [-0.2, -0.15) is 13.7 Å². The molecule has 0 atom stereocenters. The number of hydrogen-bond donors (Lipinski definition) is 3. The van der Waals surface area contributed by atoms with Gasteiger partial charge in [-0.3, -0.25) is 14.0 Å². The average molecular weight is 240 g/mol. The Morgan fingerprint density at radius 1 is 1.40 bits per heavy atom. The third-order valence-corrected chi connectivity index (χ3v) is 1.02. The molecule has 0 aromatic heterocycles. The second kappa shape index (κ2) is 8.12. The minimum Gasteiger partial charge on any atom is -0.296 e. The van der Waals surface area contributed by atoms with Crippen molar-refractivity contribution in [2.24, 2.45) is 0 Å². The van der Waals surface area contributed by atoms with Crippen LogP contribution in [0.2, 0.25) is 0 Å². The van der Waals surface area contributed by atoms with Crippen molar-refractivity contribution in [2.45, 2.75) is 12.8 Å². The summed E-state index contributed by atoms with van der Waals surface area (Å²) in [5.41, 5.74) is 0.252. The fraction of sp³-hybridized carbons (Fsp3) is 0.286. The highest BCUT2D eigenvalue weighted by molar-refractivity contribution is 7.79. The number of carbonyl (C=O) groups excluding carboxylic acids is 1. The molecule has 0 fully saturated rings. The zero-order valence-corrected chi connectivity index (χ0v) is 8.61. The molecule has 0 saturated carbocycles. The molecule has 15 heavy (non-hydrogen) atoms. The first-order valence-electron chi connectivity index (χ1n) is 3.56. The van der Waals surface area contributed by atoms with Gasteiger partial charge in [0.1, 0.15) is 0 Å². The van der Waals surface area contributed by atoms with E-state index < -0.39 is 16.4 Å².